The van der Waals surface area contributed by atoms with Crippen molar-refractivity contribution in [2.24, 2.45) is 5.92 Å². The van der Waals surface area contributed by atoms with Crippen LogP contribution in [0.4, 0.5) is 4.39 Å². The molecule has 1 aromatic rings. The molecule has 0 saturated carbocycles. The third-order valence-electron chi connectivity index (χ3n) is 2.67. The van der Waals surface area contributed by atoms with Crippen LogP contribution >= 0.6 is 0 Å². The molecule has 0 aliphatic heterocycles. The van der Waals surface area contributed by atoms with Gasteiger partial charge >= 0.3 is 0 Å². The van der Waals surface area contributed by atoms with Crippen LogP contribution in [0.2, 0.25) is 0 Å². The number of halogens is 1. The van der Waals surface area contributed by atoms with E-state index in [1.165, 1.54) is 12.1 Å². The SMILES string of the molecule is CC(CO)CCCNC(=O)c1ccc(O)cc1F. The minimum Gasteiger partial charge on any atom is -0.508 e. The zero-order chi connectivity index (χ0) is 13.5. The van der Waals surface area contributed by atoms with Gasteiger partial charge in [-0.3, -0.25) is 4.79 Å². The molecule has 0 bridgehead atoms. The number of benzene rings is 1. The maximum absolute atomic E-state index is 13.3. The zero-order valence-electron chi connectivity index (χ0n) is 10.3. The van der Waals surface area contributed by atoms with Gasteiger partial charge in [0.2, 0.25) is 0 Å². The van der Waals surface area contributed by atoms with Crippen molar-refractivity contribution in [3.05, 3.63) is 29.6 Å². The molecule has 0 aliphatic rings. The lowest BCUT2D eigenvalue weighted by atomic mass is 10.1. The lowest BCUT2D eigenvalue weighted by Crippen LogP contribution is -2.25. The molecule has 0 aromatic heterocycles. The Morgan fingerprint density at radius 1 is 1.50 bits per heavy atom. The molecule has 1 unspecified atom stereocenters. The number of carbonyl (C=O) groups excluding carboxylic acids is 1. The Kier molecular flexibility index (Phi) is 5.58. The van der Waals surface area contributed by atoms with Gasteiger partial charge in [-0.2, -0.15) is 0 Å². The van der Waals surface area contributed by atoms with Crippen molar-refractivity contribution in [2.75, 3.05) is 13.2 Å². The number of nitrogens with one attached hydrogen (secondary N) is 1. The molecular weight excluding hydrogens is 237 g/mol. The Labute approximate surface area is 105 Å². The predicted octanol–water partition coefficient (Wildman–Crippen LogP) is 1.67. The Balaban J connectivity index is 2.41. The van der Waals surface area contributed by atoms with E-state index in [9.17, 15) is 9.18 Å². The van der Waals surface area contributed by atoms with Crippen molar-refractivity contribution in [3.63, 3.8) is 0 Å². The van der Waals surface area contributed by atoms with Gasteiger partial charge in [-0.15, -0.1) is 0 Å². The molecule has 18 heavy (non-hydrogen) atoms. The summed E-state index contributed by atoms with van der Waals surface area (Å²) in [6, 6.07) is 3.42. The normalized spacial score (nSPS) is 12.2. The Morgan fingerprint density at radius 2 is 2.22 bits per heavy atom. The van der Waals surface area contributed by atoms with Gasteiger partial charge in [-0.25, -0.2) is 4.39 Å². The third-order valence-corrected chi connectivity index (χ3v) is 2.67. The van der Waals surface area contributed by atoms with Crippen molar-refractivity contribution < 1.29 is 19.4 Å². The number of aromatic hydroxyl groups is 1. The monoisotopic (exact) mass is 255 g/mol. The minimum absolute atomic E-state index is 0.0805. The van der Waals surface area contributed by atoms with Crippen LogP contribution in [0, 0.1) is 11.7 Å². The lowest BCUT2D eigenvalue weighted by Gasteiger charge is -2.09. The van der Waals surface area contributed by atoms with E-state index >= 15 is 0 Å². The minimum atomic E-state index is -0.740. The molecule has 0 spiro atoms. The van der Waals surface area contributed by atoms with Crippen LogP contribution in [-0.2, 0) is 0 Å². The first-order valence-electron chi connectivity index (χ1n) is 5.92. The van der Waals surface area contributed by atoms with Gasteiger partial charge in [0.05, 0.1) is 5.56 Å². The maximum atomic E-state index is 13.3. The summed E-state index contributed by atoms with van der Waals surface area (Å²) in [6.45, 7) is 2.48. The molecule has 0 heterocycles. The number of amides is 1. The summed E-state index contributed by atoms with van der Waals surface area (Å²) in [7, 11) is 0. The summed E-state index contributed by atoms with van der Waals surface area (Å²) in [5.41, 5.74) is -0.0805. The summed E-state index contributed by atoms with van der Waals surface area (Å²) in [6.07, 6.45) is 1.53. The molecular formula is C13H18FNO3. The number of phenols is 1. The number of carbonyl (C=O) groups is 1. The van der Waals surface area contributed by atoms with E-state index in [4.69, 9.17) is 10.2 Å². The fourth-order valence-electron chi connectivity index (χ4n) is 1.53. The first-order chi connectivity index (χ1) is 8.54. The molecule has 100 valence electrons. The molecule has 0 fully saturated rings. The molecule has 1 atom stereocenters. The molecule has 1 aromatic carbocycles. The second-order valence-corrected chi connectivity index (χ2v) is 4.35. The Morgan fingerprint density at radius 3 is 2.83 bits per heavy atom. The summed E-state index contributed by atoms with van der Waals surface area (Å²) in [5, 5.41) is 20.4. The van der Waals surface area contributed by atoms with Crippen LogP contribution in [-0.4, -0.2) is 29.3 Å². The van der Waals surface area contributed by atoms with Crippen molar-refractivity contribution >= 4 is 5.91 Å². The van der Waals surface area contributed by atoms with Crippen LogP contribution in [0.15, 0.2) is 18.2 Å². The Hall–Kier alpha value is -1.62. The molecule has 0 radical (unpaired) electrons. The smallest absolute Gasteiger partial charge is 0.254 e. The van der Waals surface area contributed by atoms with Crippen LogP contribution in [0.3, 0.4) is 0 Å². The van der Waals surface area contributed by atoms with Gasteiger partial charge < -0.3 is 15.5 Å². The van der Waals surface area contributed by atoms with E-state index in [0.29, 0.717) is 6.54 Å². The summed E-state index contributed by atoms with van der Waals surface area (Å²) < 4.78 is 13.3. The first-order valence-corrected chi connectivity index (χ1v) is 5.92. The Bertz CT molecular complexity index is 409. The highest BCUT2D eigenvalue weighted by atomic mass is 19.1. The molecule has 4 nitrogen and oxygen atoms in total. The van der Waals surface area contributed by atoms with Gasteiger partial charge in [0.25, 0.3) is 5.91 Å². The van der Waals surface area contributed by atoms with Crippen LogP contribution < -0.4 is 5.32 Å². The van der Waals surface area contributed by atoms with E-state index in [1.807, 2.05) is 6.92 Å². The van der Waals surface area contributed by atoms with Crippen molar-refractivity contribution in [1.29, 1.82) is 0 Å². The topological polar surface area (TPSA) is 69.6 Å². The van der Waals surface area contributed by atoms with Gasteiger partial charge in [0, 0.05) is 19.2 Å². The van der Waals surface area contributed by atoms with E-state index < -0.39 is 11.7 Å². The molecule has 1 rings (SSSR count). The molecule has 0 aliphatic carbocycles. The second kappa shape index (κ2) is 6.96. The summed E-state index contributed by atoms with van der Waals surface area (Å²) in [5.74, 6) is -1.24. The predicted molar refractivity (Wildman–Crippen MR) is 65.9 cm³/mol. The van der Waals surface area contributed by atoms with Crippen molar-refractivity contribution in [3.8, 4) is 5.75 Å². The first kappa shape index (κ1) is 14.4. The summed E-state index contributed by atoms with van der Waals surface area (Å²) >= 11 is 0. The maximum Gasteiger partial charge on any atom is 0.254 e. The van der Waals surface area contributed by atoms with E-state index in [-0.39, 0.29) is 23.8 Å². The summed E-state index contributed by atoms with van der Waals surface area (Å²) in [4.78, 5) is 11.6. The molecule has 0 saturated heterocycles. The van der Waals surface area contributed by atoms with Gasteiger partial charge in [0.15, 0.2) is 0 Å². The largest absolute Gasteiger partial charge is 0.508 e. The fraction of sp³-hybridized carbons (Fsp3) is 0.462. The zero-order valence-corrected chi connectivity index (χ0v) is 10.3. The highest BCUT2D eigenvalue weighted by Gasteiger charge is 2.11. The van der Waals surface area contributed by atoms with E-state index in [0.717, 1.165) is 18.9 Å². The number of hydrogen-bond donors (Lipinski definition) is 3. The van der Waals surface area contributed by atoms with Crippen LogP contribution in [0.1, 0.15) is 30.1 Å². The average Bonchev–Trinajstić information content (AvgIpc) is 2.34. The van der Waals surface area contributed by atoms with Crippen LogP contribution in [0.5, 0.6) is 5.75 Å². The molecule has 3 N–H and O–H groups in total. The average molecular weight is 255 g/mol. The van der Waals surface area contributed by atoms with Crippen LogP contribution in [0.25, 0.3) is 0 Å². The fourth-order valence-corrected chi connectivity index (χ4v) is 1.53. The quantitative estimate of drug-likeness (QED) is 0.677. The number of phenolic OH excluding ortho intramolecular Hbond substituents is 1. The standard InChI is InChI=1S/C13H18FNO3/c1-9(8-16)3-2-6-15-13(18)11-5-4-10(17)7-12(11)14/h4-5,7,9,16-17H,2-3,6,8H2,1H3,(H,15,18). The van der Waals surface area contributed by atoms with Gasteiger partial charge in [-0.1, -0.05) is 6.92 Å². The number of aliphatic hydroxyl groups excluding tert-OH is 1. The number of aliphatic hydroxyl groups is 1. The molecule has 5 heteroatoms. The molecule has 1 amide bonds. The van der Waals surface area contributed by atoms with E-state index in [2.05, 4.69) is 5.32 Å². The number of rotatable bonds is 6. The van der Waals surface area contributed by atoms with E-state index in [1.54, 1.807) is 0 Å². The second-order valence-electron chi connectivity index (χ2n) is 4.35. The number of hydrogen-bond acceptors (Lipinski definition) is 3. The van der Waals surface area contributed by atoms with Gasteiger partial charge in [0.1, 0.15) is 11.6 Å². The highest BCUT2D eigenvalue weighted by molar-refractivity contribution is 5.94. The lowest BCUT2D eigenvalue weighted by molar-refractivity contribution is 0.0948. The van der Waals surface area contributed by atoms with Crippen molar-refractivity contribution in [1.82, 2.24) is 5.32 Å². The van der Waals surface area contributed by atoms with Crippen molar-refractivity contribution in [2.45, 2.75) is 19.8 Å². The third kappa shape index (κ3) is 4.33. The van der Waals surface area contributed by atoms with Gasteiger partial charge in [-0.05, 0) is 30.9 Å². The highest BCUT2D eigenvalue weighted by Crippen LogP contribution is 2.14.